The number of hydrogen-bond donors (Lipinski definition) is 0. The van der Waals surface area contributed by atoms with Gasteiger partial charge in [-0.2, -0.15) is 0 Å². The van der Waals surface area contributed by atoms with Gasteiger partial charge in [-0.3, -0.25) is 0 Å². The minimum Gasteiger partial charge on any atom is -0.496 e. The second kappa shape index (κ2) is 27.9. The summed E-state index contributed by atoms with van der Waals surface area (Å²) in [4.78, 5) is 0. The molecule has 6 aromatic carbocycles. The van der Waals surface area contributed by atoms with Crippen LogP contribution in [0.1, 0.15) is 263 Å². The average molecular weight is 1370 g/mol. The Bertz CT molecular complexity index is 4160. The second-order valence-corrected chi connectivity index (χ2v) is 49.2. The van der Waals surface area contributed by atoms with E-state index in [2.05, 4.69) is 357 Å². The largest absolute Gasteiger partial charge is 0.496 e. The van der Waals surface area contributed by atoms with Gasteiger partial charge in [-0.05, 0) is 213 Å². The molecule has 6 aromatic rings. The number of ether oxygens (including phenoxy) is 1. The molecule has 534 valence electrons. The molecule has 6 aliphatic carbocycles. The van der Waals surface area contributed by atoms with Crippen molar-refractivity contribution in [1.29, 1.82) is 0 Å². The van der Waals surface area contributed by atoms with Crippen LogP contribution in [0.25, 0.3) is 45.6 Å². The van der Waals surface area contributed by atoms with Crippen LogP contribution in [-0.2, 0) is 31.8 Å². The Morgan fingerprint density at radius 3 is 1.35 bits per heavy atom. The molecule has 1 nitrogen and oxygen atoms in total. The summed E-state index contributed by atoms with van der Waals surface area (Å²) in [6.07, 6.45) is 19.1. The molecule has 6 aliphatic rings. The molecule has 0 amide bonds. The Morgan fingerprint density at radius 2 is 0.890 bits per heavy atom. The van der Waals surface area contributed by atoms with Gasteiger partial charge in [0, 0.05) is 16.7 Å². The van der Waals surface area contributed by atoms with Crippen LogP contribution in [-0.4, -0.2) is 23.3 Å². The fourth-order valence-electron chi connectivity index (χ4n) is 20.4. The zero-order valence-electron chi connectivity index (χ0n) is 68.3. The normalized spacial score (nSPS) is 23.8. The van der Waals surface area contributed by atoms with E-state index in [0.29, 0.717) is 40.7 Å². The van der Waals surface area contributed by atoms with E-state index in [1.807, 2.05) is 7.11 Å². The van der Waals surface area contributed by atoms with Crippen molar-refractivity contribution in [3.05, 3.63) is 235 Å². The van der Waals surface area contributed by atoms with Crippen LogP contribution in [0.3, 0.4) is 0 Å². The summed E-state index contributed by atoms with van der Waals surface area (Å²) in [6, 6.07) is 47.6. The van der Waals surface area contributed by atoms with Gasteiger partial charge in [-0.15, -0.1) is 0 Å². The summed E-state index contributed by atoms with van der Waals surface area (Å²) in [6.45, 7) is 69.5. The summed E-state index contributed by atoms with van der Waals surface area (Å²) >= 11 is 0. The molecular formula is C97H132OSi2. The van der Waals surface area contributed by atoms with Crippen LogP contribution in [0.4, 0.5) is 0 Å². The number of methoxy groups -OCH3 is 1. The first-order valence-electron chi connectivity index (χ1n) is 38.9. The molecule has 2 fully saturated rings. The molecule has 0 saturated heterocycles. The standard InChI is InChI=1S/C47H66OSi.C47H58Si.C3H8/c1-29-26-37-35(31-18-22-33(23-19-31)45(3,4)5)16-15-17-36(37)43(29)49(13,14)44-30(2)27-38-39(44)28-40(47(9,10)11)42(48-12)41(38)32-20-24-34(25-21-32)46(6,7)8;1-29-26-38-36(32-18-22-34(23-19-32)45(4,5)6)16-15-17-37(38)43(29)48(13,14)44-30(2)27-39-40(44)28-41(47(10,11)12)31(3)42(39)33-20-24-35(25-21-33)46(7,8)9;1-3-2/h15-25,28-30,36-39,43-44H,26-27H2,1-14H3;15-28,43-44H,1-14H3;3H2,1-2H3. The highest BCUT2D eigenvalue weighted by molar-refractivity contribution is 6.82. The monoisotopic (exact) mass is 1370 g/mol. The summed E-state index contributed by atoms with van der Waals surface area (Å²) in [5.74, 6) is 4.87. The third kappa shape index (κ3) is 14.7. The van der Waals surface area contributed by atoms with E-state index in [0.717, 1.165) is 22.8 Å². The average Bonchev–Trinajstić information content (AvgIpc) is 1.55. The van der Waals surface area contributed by atoms with Gasteiger partial charge in [-0.25, -0.2) is 0 Å². The predicted molar refractivity (Wildman–Crippen MR) is 446 cm³/mol. The number of rotatable bonds is 9. The van der Waals surface area contributed by atoms with Crippen molar-refractivity contribution >= 4 is 39.4 Å². The predicted octanol–water partition coefficient (Wildman–Crippen LogP) is 28.4. The molecule has 0 spiro atoms. The summed E-state index contributed by atoms with van der Waals surface area (Å²) in [7, 11) is -1.93. The highest BCUT2D eigenvalue weighted by Gasteiger charge is 2.59. The molecule has 0 bridgehead atoms. The van der Waals surface area contributed by atoms with Crippen LogP contribution in [0.2, 0.25) is 37.3 Å². The molecule has 3 heteroatoms. The minimum absolute atomic E-state index is 0.00901. The van der Waals surface area contributed by atoms with Gasteiger partial charge in [0.05, 0.1) is 23.3 Å². The zero-order chi connectivity index (χ0) is 73.7. The topological polar surface area (TPSA) is 9.23 Å². The lowest BCUT2D eigenvalue weighted by atomic mass is 9.71. The van der Waals surface area contributed by atoms with E-state index < -0.39 is 16.1 Å². The van der Waals surface area contributed by atoms with Gasteiger partial charge in [0.15, 0.2) is 0 Å². The Morgan fingerprint density at radius 1 is 0.460 bits per heavy atom. The fourth-order valence-corrected chi connectivity index (χ4v) is 31.6. The van der Waals surface area contributed by atoms with Crippen molar-refractivity contribution in [3.63, 3.8) is 0 Å². The summed E-state index contributed by atoms with van der Waals surface area (Å²) in [5, 5.41) is 0. The van der Waals surface area contributed by atoms with Crippen LogP contribution in [0.15, 0.2) is 168 Å². The van der Waals surface area contributed by atoms with Gasteiger partial charge in [0.25, 0.3) is 0 Å². The van der Waals surface area contributed by atoms with Crippen molar-refractivity contribution in [2.75, 3.05) is 7.11 Å². The second-order valence-electron chi connectivity index (χ2n) is 39.4. The van der Waals surface area contributed by atoms with E-state index in [4.69, 9.17) is 4.74 Å². The molecule has 10 unspecified atom stereocenters. The first-order valence-corrected chi connectivity index (χ1v) is 45.2. The first kappa shape index (κ1) is 76.6. The smallest absolute Gasteiger partial charge is 0.126 e. The fraction of sp³-hybridized carbons (Fsp3) is 0.505. The Hall–Kier alpha value is -6.01. The van der Waals surface area contributed by atoms with Crippen LogP contribution in [0.5, 0.6) is 0 Å². The van der Waals surface area contributed by atoms with Gasteiger partial charge in [0.1, 0.15) is 5.76 Å². The van der Waals surface area contributed by atoms with Gasteiger partial charge in [-0.1, -0.05) is 354 Å². The van der Waals surface area contributed by atoms with Gasteiger partial charge >= 0.3 is 0 Å². The number of allylic oxidation sites excluding steroid dienone is 9. The van der Waals surface area contributed by atoms with E-state index in [9.17, 15) is 0 Å². The van der Waals surface area contributed by atoms with Crippen LogP contribution >= 0.6 is 0 Å². The number of benzene rings is 6. The molecule has 100 heavy (non-hydrogen) atoms. The molecule has 12 rings (SSSR count). The lowest BCUT2D eigenvalue weighted by Crippen LogP contribution is -2.46. The van der Waals surface area contributed by atoms with E-state index >= 15 is 0 Å². The third-order valence-electron chi connectivity index (χ3n) is 24.8. The lowest BCUT2D eigenvalue weighted by molar-refractivity contribution is 0.274. The highest BCUT2D eigenvalue weighted by Crippen LogP contribution is 2.67. The van der Waals surface area contributed by atoms with E-state index in [1.54, 1.807) is 11.1 Å². The molecule has 0 radical (unpaired) electrons. The van der Waals surface area contributed by atoms with Crippen LogP contribution in [0, 0.1) is 47.8 Å². The van der Waals surface area contributed by atoms with Crippen molar-refractivity contribution in [1.82, 2.24) is 0 Å². The molecule has 10 atom stereocenters. The molecule has 2 saturated carbocycles. The molecule has 0 heterocycles. The maximum atomic E-state index is 6.43. The van der Waals surface area contributed by atoms with Crippen molar-refractivity contribution in [2.24, 2.45) is 40.9 Å². The molecule has 0 aromatic heterocycles. The quantitative estimate of drug-likeness (QED) is 0.131. The third-order valence-corrected chi connectivity index (χ3v) is 34.7. The Labute approximate surface area is 613 Å². The molecule has 0 N–H and O–H groups in total. The maximum absolute atomic E-state index is 6.43. The van der Waals surface area contributed by atoms with E-state index in [1.165, 1.54) is 125 Å². The Kier molecular flexibility index (Phi) is 21.4. The number of hydrogen-bond acceptors (Lipinski definition) is 1. The van der Waals surface area contributed by atoms with Gasteiger partial charge in [0.2, 0.25) is 0 Å². The van der Waals surface area contributed by atoms with Crippen molar-refractivity contribution in [2.45, 2.75) is 268 Å². The zero-order valence-corrected chi connectivity index (χ0v) is 70.3. The van der Waals surface area contributed by atoms with Crippen LogP contribution < -0.4 is 0 Å². The first-order chi connectivity index (χ1) is 46.4. The highest BCUT2D eigenvalue weighted by atomic mass is 28.3. The van der Waals surface area contributed by atoms with Crippen molar-refractivity contribution in [3.8, 4) is 22.3 Å². The number of fused-ring (bicyclic) bond motifs is 4. The van der Waals surface area contributed by atoms with E-state index in [-0.39, 0.29) is 32.5 Å². The summed E-state index contributed by atoms with van der Waals surface area (Å²) < 4.78 is 6.43. The lowest BCUT2D eigenvalue weighted by Gasteiger charge is -2.47. The SMILES string of the molecule is CC1=Cc2c(-c3ccc(C(C)(C)C)cc3)cccc2C1[Si](C)(C)C1C(C)=Cc2c1cc(C(C)(C)C)c(C)c2-c1ccc(C(C)(C)C)cc1.CCC.COC1=C(c2ccc(C(C)(C)C)cc2)C2CC(C)C([Si](C)(C)C3C(C)CC4C(c5ccc(C(C)(C)C)cc5)=CC=CC43)C2C=C1C(C)(C)C. The van der Waals surface area contributed by atoms with Gasteiger partial charge < -0.3 is 4.74 Å². The van der Waals surface area contributed by atoms with Crippen molar-refractivity contribution < 1.29 is 4.74 Å². The summed E-state index contributed by atoms with van der Waals surface area (Å²) in [5.41, 5.74) is 33.3. The molecule has 0 aliphatic heterocycles. The molecular weight excluding hydrogens is 1240 g/mol. The Balaban J connectivity index is 0.000000208. The maximum Gasteiger partial charge on any atom is 0.126 e. The minimum atomic E-state index is -2.02.